The Kier molecular flexibility index (Phi) is 4.62. The number of rotatable bonds is 5. The predicted octanol–water partition coefficient (Wildman–Crippen LogP) is 3.14. The highest BCUT2D eigenvalue weighted by Crippen LogP contribution is 2.29. The lowest BCUT2D eigenvalue weighted by Crippen LogP contribution is -2.18. The summed E-state index contributed by atoms with van der Waals surface area (Å²) in [5, 5.41) is 4.33. The zero-order valence-electron chi connectivity index (χ0n) is 11.4. The van der Waals surface area contributed by atoms with Crippen LogP contribution in [0.25, 0.3) is 0 Å². The number of ether oxygens (including phenoxy) is 1. The van der Waals surface area contributed by atoms with Crippen molar-refractivity contribution in [2.75, 3.05) is 7.11 Å². The van der Waals surface area contributed by atoms with Crippen molar-refractivity contribution >= 4 is 11.6 Å². The molecular weight excluding hydrogens is 281 g/mol. The fraction of sp³-hybridized carbons (Fsp3) is 0.357. The van der Waals surface area contributed by atoms with Crippen LogP contribution >= 0.6 is 11.6 Å². The molecule has 0 fully saturated rings. The van der Waals surface area contributed by atoms with E-state index in [9.17, 15) is 4.39 Å². The lowest BCUT2D eigenvalue weighted by molar-refractivity contribution is 0.404. The SMILES string of the molecule is CCCn1ncc(OC)c1C(N)c1ccc(Cl)c(F)c1. The van der Waals surface area contributed by atoms with E-state index in [0.717, 1.165) is 18.7 Å². The van der Waals surface area contributed by atoms with Crippen LogP contribution in [0.15, 0.2) is 24.4 Å². The number of methoxy groups -OCH3 is 1. The zero-order chi connectivity index (χ0) is 14.7. The van der Waals surface area contributed by atoms with Crippen molar-refractivity contribution in [3.05, 3.63) is 46.5 Å². The molecule has 0 spiro atoms. The highest BCUT2D eigenvalue weighted by atomic mass is 35.5. The first-order chi connectivity index (χ1) is 9.58. The third kappa shape index (κ3) is 2.78. The number of benzene rings is 1. The monoisotopic (exact) mass is 297 g/mol. The summed E-state index contributed by atoms with van der Waals surface area (Å²) in [6.45, 7) is 2.77. The normalized spacial score (nSPS) is 12.4. The summed E-state index contributed by atoms with van der Waals surface area (Å²) in [7, 11) is 1.56. The van der Waals surface area contributed by atoms with Crippen LogP contribution in [-0.4, -0.2) is 16.9 Å². The molecule has 6 heteroatoms. The Morgan fingerprint density at radius 1 is 1.50 bits per heavy atom. The molecule has 1 aromatic heterocycles. The van der Waals surface area contributed by atoms with E-state index >= 15 is 0 Å². The molecule has 2 rings (SSSR count). The number of hydrogen-bond acceptors (Lipinski definition) is 3. The van der Waals surface area contributed by atoms with Gasteiger partial charge in [0, 0.05) is 6.54 Å². The number of nitrogens with zero attached hydrogens (tertiary/aromatic N) is 2. The van der Waals surface area contributed by atoms with Crippen LogP contribution in [0.2, 0.25) is 5.02 Å². The Morgan fingerprint density at radius 2 is 2.25 bits per heavy atom. The predicted molar refractivity (Wildman–Crippen MR) is 76.5 cm³/mol. The van der Waals surface area contributed by atoms with Gasteiger partial charge in [0.15, 0.2) is 5.75 Å². The van der Waals surface area contributed by atoms with Gasteiger partial charge in [0.25, 0.3) is 0 Å². The third-order valence-electron chi connectivity index (χ3n) is 3.10. The number of hydrogen-bond donors (Lipinski definition) is 1. The average molecular weight is 298 g/mol. The van der Waals surface area contributed by atoms with Crippen molar-refractivity contribution in [3.63, 3.8) is 0 Å². The number of aryl methyl sites for hydroxylation is 1. The molecule has 20 heavy (non-hydrogen) atoms. The summed E-state index contributed by atoms with van der Waals surface area (Å²) in [4.78, 5) is 0. The van der Waals surface area contributed by atoms with Gasteiger partial charge in [0.05, 0.1) is 24.4 Å². The minimum Gasteiger partial charge on any atom is -0.493 e. The van der Waals surface area contributed by atoms with E-state index in [1.807, 2.05) is 6.92 Å². The average Bonchev–Trinajstić information content (AvgIpc) is 2.84. The molecule has 4 nitrogen and oxygen atoms in total. The molecule has 1 unspecified atom stereocenters. The van der Waals surface area contributed by atoms with Crippen LogP contribution in [0.3, 0.4) is 0 Å². The molecule has 0 aliphatic carbocycles. The maximum Gasteiger partial charge on any atom is 0.161 e. The Balaban J connectivity index is 2.43. The van der Waals surface area contributed by atoms with Crippen molar-refractivity contribution in [2.45, 2.75) is 25.9 Å². The van der Waals surface area contributed by atoms with Gasteiger partial charge >= 0.3 is 0 Å². The lowest BCUT2D eigenvalue weighted by Gasteiger charge is -2.16. The second-order valence-corrected chi connectivity index (χ2v) is 4.88. The number of halogens is 2. The van der Waals surface area contributed by atoms with E-state index in [-0.39, 0.29) is 5.02 Å². The van der Waals surface area contributed by atoms with E-state index in [4.69, 9.17) is 22.1 Å². The second kappa shape index (κ2) is 6.24. The van der Waals surface area contributed by atoms with E-state index in [1.54, 1.807) is 24.1 Å². The molecule has 0 saturated heterocycles. The van der Waals surface area contributed by atoms with Crippen LogP contribution in [0, 0.1) is 5.82 Å². The summed E-state index contributed by atoms with van der Waals surface area (Å²) in [6.07, 6.45) is 2.54. The van der Waals surface area contributed by atoms with Crippen molar-refractivity contribution in [1.29, 1.82) is 0 Å². The molecule has 1 aromatic carbocycles. The van der Waals surface area contributed by atoms with Crippen LogP contribution in [0.1, 0.15) is 30.6 Å². The highest BCUT2D eigenvalue weighted by Gasteiger charge is 2.20. The standard InChI is InChI=1S/C14H17ClFN3O/c1-3-6-19-14(12(20-2)8-18-19)13(17)9-4-5-10(15)11(16)7-9/h4-5,7-8,13H,3,6,17H2,1-2H3. The lowest BCUT2D eigenvalue weighted by atomic mass is 10.0. The molecule has 0 saturated carbocycles. The molecular formula is C14H17ClFN3O. The van der Waals surface area contributed by atoms with Gasteiger partial charge in [0.1, 0.15) is 11.5 Å². The van der Waals surface area contributed by atoms with Gasteiger partial charge in [-0.3, -0.25) is 4.68 Å². The minimum atomic E-state index is -0.522. The maximum atomic E-state index is 13.6. The highest BCUT2D eigenvalue weighted by molar-refractivity contribution is 6.30. The summed E-state index contributed by atoms with van der Waals surface area (Å²) in [5.74, 6) is 0.112. The third-order valence-corrected chi connectivity index (χ3v) is 3.40. The van der Waals surface area contributed by atoms with Gasteiger partial charge < -0.3 is 10.5 Å². The fourth-order valence-electron chi connectivity index (χ4n) is 2.10. The fourth-order valence-corrected chi connectivity index (χ4v) is 2.22. The maximum absolute atomic E-state index is 13.6. The smallest absolute Gasteiger partial charge is 0.161 e. The first-order valence-electron chi connectivity index (χ1n) is 6.38. The van der Waals surface area contributed by atoms with Gasteiger partial charge in [-0.15, -0.1) is 0 Å². The van der Waals surface area contributed by atoms with E-state index in [2.05, 4.69) is 5.10 Å². The molecule has 2 N–H and O–H groups in total. The summed E-state index contributed by atoms with van der Waals surface area (Å²) >= 11 is 5.69. The molecule has 0 amide bonds. The van der Waals surface area contributed by atoms with Crippen LogP contribution in [0.5, 0.6) is 5.75 Å². The topological polar surface area (TPSA) is 53.1 Å². The Morgan fingerprint density at radius 3 is 2.85 bits per heavy atom. The molecule has 108 valence electrons. The van der Waals surface area contributed by atoms with Gasteiger partial charge in [-0.2, -0.15) is 5.10 Å². The summed E-state index contributed by atoms with van der Waals surface area (Å²) < 4.78 is 20.6. The summed E-state index contributed by atoms with van der Waals surface area (Å²) in [6, 6.07) is 4.03. The number of aromatic nitrogens is 2. The van der Waals surface area contributed by atoms with Crippen molar-refractivity contribution in [3.8, 4) is 5.75 Å². The molecule has 0 bridgehead atoms. The molecule has 0 radical (unpaired) electrons. The molecule has 2 aromatic rings. The molecule has 0 aliphatic rings. The van der Waals surface area contributed by atoms with Gasteiger partial charge in [-0.25, -0.2) is 4.39 Å². The van der Waals surface area contributed by atoms with E-state index in [1.165, 1.54) is 12.1 Å². The Labute approximate surface area is 122 Å². The van der Waals surface area contributed by atoms with Gasteiger partial charge in [0.2, 0.25) is 0 Å². The van der Waals surface area contributed by atoms with Crippen LogP contribution in [-0.2, 0) is 6.54 Å². The molecule has 0 aliphatic heterocycles. The minimum absolute atomic E-state index is 0.0787. The Bertz CT molecular complexity index is 600. The van der Waals surface area contributed by atoms with Crippen LogP contribution in [0.4, 0.5) is 4.39 Å². The Hall–Kier alpha value is -1.59. The van der Waals surface area contributed by atoms with Crippen molar-refractivity contribution < 1.29 is 9.13 Å². The van der Waals surface area contributed by atoms with Gasteiger partial charge in [-0.1, -0.05) is 24.6 Å². The number of nitrogens with two attached hydrogens (primary N) is 1. The van der Waals surface area contributed by atoms with Crippen LogP contribution < -0.4 is 10.5 Å². The quantitative estimate of drug-likeness (QED) is 0.922. The van der Waals surface area contributed by atoms with E-state index < -0.39 is 11.9 Å². The zero-order valence-corrected chi connectivity index (χ0v) is 12.2. The first kappa shape index (κ1) is 14.8. The second-order valence-electron chi connectivity index (χ2n) is 4.47. The van der Waals surface area contributed by atoms with Crippen molar-refractivity contribution in [2.24, 2.45) is 5.73 Å². The largest absolute Gasteiger partial charge is 0.493 e. The summed E-state index contributed by atoms with van der Waals surface area (Å²) in [5.41, 5.74) is 7.60. The van der Waals surface area contributed by atoms with Crippen molar-refractivity contribution in [1.82, 2.24) is 9.78 Å². The van der Waals surface area contributed by atoms with E-state index in [0.29, 0.717) is 11.3 Å². The first-order valence-corrected chi connectivity index (χ1v) is 6.76. The molecule has 1 heterocycles. The van der Waals surface area contributed by atoms with Gasteiger partial charge in [-0.05, 0) is 24.1 Å². The molecule has 1 atom stereocenters.